The van der Waals surface area contributed by atoms with Crippen molar-refractivity contribution in [2.75, 3.05) is 0 Å². The molecule has 1 atom stereocenters. The predicted molar refractivity (Wildman–Crippen MR) is 79.3 cm³/mol. The maximum absolute atomic E-state index is 10.9. The fourth-order valence-corrected chi connectivity index (χ4v) is 3.09. The number of hydrogen-bond donors (Lipinski definition) is 1. The molecular weight excluding hydrogens is 254 g/mol. The minimum Gasteiger partial charge on any atom is -0.443 e. The van der Waals surface area contributed by atoms with E-state index in [2.05, 4.69) is 6.92 Å². The van der Waals surface area contributed by atoms with Gasteiger partial charge in [0, 0.05) is 6.42 Å². The Morgan fingerprint density at radius 1 is 1.30 bits per heavy atom. The molecule has 1 amide bonds. The zero-order valence-corrected chi connectivity index (χ0v) is 13.1. The Morgan fingerprint density at radius 3 is 2.35 bits per heavy atom. The first-order chi connectivity index (χ1) is 9.35. The van der Waals surface area contributed by atoms with Crippen molar-refractivity contribution in [2.45, 2.75) is 71.3 Å². The molecule has 0 spiro atoms. The highest BCUT2D eigenvalue weighted by Crippen LogP contribution is 2.35. The SMILES string of the molecule is CC(CCC1CCC(CC=O)CC1)C(C)(C)OC(N)=O. The Morgan fingerprint density at radius 2 is 1.85 bits per heavy atom. The van der Waals surface area contributed by atoms with Gasteiger partial charge in [-0.3, -0.25) is 0 Å². The van der Waals surface area contributed by atoms with Gasteiger partial charge in [-0.25, -0.2) is 4.79 Å². The van der Waals surface area contributed by atoms with E-state index in [4.69, 9.17) is 10.5 Å². The van der Waals surface area contributed by atoms with Crippen LogP contribution >= 0.6 is 0 Å². The van der Waals surface area contributed by atoms with E-state index < -0.39 is 11.7 Å². The molecule has 1 aliphatic carbocycles. The van der Waals surface area contributed by atoms with E-state index in [1.165, 1.54) is 32.1 Å². The standard InChI is InChI=1S/C16H29NO3/c1-12(16(2,3)20-15(17)19)4-5-13-6-8-14(9-7-13)10-11-18/h11-14H,4-10H2,1-3H3,(H2,17,19). The Kier molecular flexibility index (Phi) is 6.50. The van der Waals surface area contributed by atoms with Crippen LogP contribution < -0.4 is 5.73 Å². The molecule has 4 nitrogen and oxygen atoms in total. The molecule has 1 aliphatic rings. The molecule has 1 saturated carbocycles. The number of carbonyl (C=O) groups excluding carboxylic acids is 2. The van der Waals surface area contributed by atoms with Gasteiger partial charge in [0.2, 0.25) is 0 Å². The van der Waals surface area contributed by atoms with E-state index in [9.17, 15) is 9.59 Å². The summed E-state index contributed by atoms with van der Waals surface area (Å²) in [4.78, 5) is 21.4. The third-order valence-electron chi connectivity index (χ3n) is 4.95. The van der Waals surface area contributed by atoms with E-state index in [0.717, 1.165) is 25.0 Å². The summed E-state index contributed by atoms with van der Waals surface area (Å²) in [5.41, 5.74) is 4.61. The van der Waals surface area contributed by atoms with Crippen molar-refractivity contribution in [3.8, 4) is 0 Å². The number of ether oxygens (including phenoxy) is 1. The van der Waals surface area contributed by atoms with Gasteiger partial charge in [0.15, 0.2) is 0 Å². The van der Waals surface area contributed by atoms with Crippen LogP contribution in [0.3, 0.4) is 0 Å². The molecule has 116 valence electrons. The second kappa shape index (κ2) is 7.65. The molecule has 4 heteroatoms. The lowest BCUT2D eigenvalue weighted by Crippen LogP contribution is -2.37. The van der Waals surface area contributed by atoms with Gasteiger partial charge in [-0.2, -0.15) is 0 Å². The Balaban J connectivity index is 2.30. The van der Waals surface area contributed by atoms with Crippen LogP contribution in [0.5, 0.6) is 0 Å². The molecule has 0 heterocycles. The molecular formula is C16H29NO3. The highest BCUT2D eigenvalue weighted by Gasteiger charge is 2.30. The third-order valence-corrected chi connectivity index (χ3v) is 4.95. The zero-order chi connectivity index (χ0) is 15.2. The Labute approximate surface area is 122 Å². The second-order valence-electron chi connectivity index (χ2n) is 6.79. The number of aldehydes is 1. The second-order valence-corrected chi connectivity index (χ2v) is 6.79. The summed E-state index contributed by atoms with van der Waals surface area (Å²) < 4.78 is 5.19. The quantitative estimate of drug-likeness (QED) is 0.725. The largest absolute Gasteiger partial charge is 0.443 e. The van der Waals surface area contributed by atoms with Crippen LogP contribution in [0.4, 0.5) is 4.79 Å². The summed E-state index contributed by atoms with van der Waals surface area (Å²) in [5.74, 6) is 1.66. The van der Waals surface area contributed by atoms with Crippen molar-refractivity contribution in [3.05, 3.63) is 0 Å². The van der Waals surface area contributed by atoms with Gasteiger partial charge in [-0.1, -0.05) is 26.2 Å². The number of rotatable bonds is 7. The number of amides is 1. The molecule has 0 bridgehead atoms. The van der Waals surface area contributed by atoms with Gasteiger partial charge in [-0.15, -0.1) is 0 Å². The van der Waals surface area contributed by atoms with E-state index in [-0.39, 0.29) is 0 Å². The predicted octanol–water partition coefficient (Wildman–Crippen LogP) is 3.67. The fraction of sp³-hybridized carbons (Fsp3) is 0.875. The lowest BCUT2D eigenvalue weighted by Gasteiger charge is -2.33. The number of primary amides is 1. The molecule has 0 aliphatic heterocycles. The van der Waals surface area contributed by atoms with Crippen LogP contribution in [0.2, 0.25) is 0 Å². The zero-order valence-electron chi connectivity index (χ0n) is 13.1. The van der Waals surface area contributed by atoms with Crippen LogP contribution in [0.25, 0.3) is 0 Å². The van der Waals surface area contributed by atoms with Crippen molar-refractivity contribution in [2.24, 2.45) is 23.5 Å². The summed E-state index contributed by atoms with van der Waals surface area (Å²) in [7, 11) is 0. The Hall–Kier alpha value is -1.06. The van der Waals surface area contributed by atoms with Crippen molar-refractivity contribution in [3.63, 3.8) is 0 Å². The maximum Gasteiger partial charge on any atom is 0.405 e. The molecule has 0 saturated heterocycles. The van der Waals surface area contributed by atoms with Crippen LogP contribution in [0.15, 0.2) is 0 Å². The molecule has 1 unspecified atom stereocenters. The first-order valence-corrected chi connectivity index (χ1v) is 7.77. The van der Waals surface area contributed by atoms with E-state index in [1.807, 2.05) is 13.8 Å². The summed E-state index contributed by atoms with van der Waals surface area (Å²) in [6.45, 7) is 5.95. The summed E-state index contributed by atoms with van der Waals surface area (Å²) >= 11 is 0. The van der Waals surface area contributed by atoms with Crippen LogP contribution in [0.1, 0.15) is 65.7 Å². The molecule has 20 heavy (non-hydrogen) atoms. The molecule has 1 rings (SSSR count). The summed E-state index contributed by atoms with van der Waals surface area (Å²) in [5, 5.41) is 0. The minimum absolute atomic E-state index is 0.294. The van der Waals surface area contributed by atoms with Crippen molar-refractivity contribution in [1.82, 2.24) is 0 Å². The average molecular weight is 283 g/mol. The Bertz CT molecular complexity index is 320. The average Bonchev–Trinajstić information content (AvgIpc) is 2.36. The van der Waals surface area contributed by atoms with E-state index in [1.54, 1.807) is 0 Å². The monoisotopic (exact) mass is 283 g/mol. The number of hydrogen-bond acceptors (Lipinski definition) is 3. The first kappa shape index (κ1) is 17.0. The van der Waals surface area contributed by atoms with Crippen molar-refractivity contribution in [1.29, 1.82) is 0 Å². The fourth-order valence-electron chi connectivity index (χ4n) is 3.09. The number of nitrogens with two attached hydrogens (primary N) is 1. The lowest BCUT2D eigenvalue weighted by atomic mass is 9.77. The molecule has 0 aromatic rings. The number of carbonyl (C=O) groups is 2. The van der Waals surface area contributed by atoms with E-state index in [0.29, 0.717) is 11.8 Å². The summed E-state index contributed by atoms with van der Waals surface area (Å²) in [6, 6.07) is 0. The smallest absolute Gasteiger partial charge is 0.405 e. The molecule has 2 N–H and O–H groups in total. The molecule has 0 aromatic carbocycles. The topological polar surface area (TPSA) is 69.4 Å². The van der Waals surface area contributed by atoms with Gasteiger partial charge >= 0.3 is 6.09 Å². The molecule has 1 fully saturated rings. The highest BCUT2D eigenvalue weighted by atomic mass is 16.6. The normalized spacial score (nSPS) is 24.9. The minimum atomic E-state index is -0.698. The van der Waals surface area contributed by atoms with E-state index >= 15 is 0 Å². The maximum atomic E-state index is 10.9. The third kappa shape index (κ3) is 5.51. The van der Waals surface area contributed by atoms with Gasteiger partial charge < -0.3 is 15.3 Å². The van der Waals surface area contributed by atoms with Crippen LogP contribution in [0, 0.1) is 17.8 Å². The van der Waals surface area contributed by atoms with Gasteiger partial charge in [0.1, 0.15) is 11.9 Å². The highest BCUT2D eigenvalue weighted by molar-refractivity contribution is 5.65. The first-order valence-electron chi connectivity index (χ1n) is 7.77. The molecule has 0 radical (unpaired) electrons. The van der Waals surface area contributed by atoms with Gasteiger partial charge in [0.05, 0.1) is 0 Å². The van der Waals surface area contributed by atoms with Crippen LogP contribution in [-0.4, -0.2) is 18.0 Å². The van der Waals surface area contributed by atoms with Gasteiger partial charge in [-0.05, 0) is 50.9 Å². The van der Waals surface area contributed by atoms with Crippen molar-refractivity contribution >= 4 is 12.4 Å². The summed E-state index contributed by atoms with van der Waals surface area (Å²) in [6.07, 6.45) is 8.10. The van der Waals surface area contributed by atoms with Crippen molar-refractivity contribution < 1.29 is 14.3 Å². The van der Waals surface area contributed by atoms with Crippen LogP contribution in [-0.2, 0) is 9.53 Å². The lowest BCUT2D eigenvalue weighted by molar-refractivity contribution is -0.108. The van der Waals surface area contributed by atoms with Gasteiger partial charge in [0.25, 0.3) is 0 Å². The molecule has 0 aromatic heterocycles.